The number of carboxylic acid groups (broad SMARTS) is 1. The Morgan fingerprint density at radius 1 is 0.967 bits per heavy atom. The van der Waals surface area contributed by atoms with E-state index in [2.05, 4.69) is 26.0 Å². The molecule has 3 rings (SSSR count). The molecule has 1 aliphatic rings. The fourth-order valence-corrected chi connectivity index (χ4v) is 4.49. The van der Waals surface area contributed by atoms with Crippen molar-refractivity contribution in [1.82, 2.24) is 0 Å². The highest BCUT2D eigenvalue weighted by atomic mass is 16.5. The van der Waals surface area contributed by atoms with Crippen LogP contribution in [0.1, 0.15) is 68.7 Å². The van der Waals surface area contributed by atoms with Crippen molar-refractivity contribution in [2.45, 2.75) is 59.0 Å². The second-order valence-electron chi connectivity index (χ2n) is 9.11. The van der Waals surface area contributed by atoms with Gasteiger partial charge in [0.25, 0.3) is 0 Å². The van der Waals surface area contributed by atoms with Crippen LogP contribution in [0.4, 0.5) is 0 Å². The Hall–Kier alpha value is -2.62. The van der Waals surface area contributed by atoms with Crippen molar-refractivity contribution in [1.29, 1.82) is 0 Å². The standard InChI is InChI=1S/C26H32O4/c1-16(2)13-23(17(3)4)30-26(29)22(15-24(27)28)25-20-11-7-5-9-18(20)14-19-10-6-8-12-21(19)25/h5-12,16-17,22-23,25H,13-15H2,1-4H3,(H,27,28). The molecule has 1 aliphatic carbocycles. The van der Waals surface area contributed by atoms with Gasteiger partial charge in [0.05, 0.1) is 12.3 Å². The number of rotatable bonds is 8. The molecule has 4 nitrogen and oxygen atoms in total. The maximum absolute atomic E-state index is 13.4. The minimum absolute atomic E-state index is 0.174. The van der Waals surface area contributed by atoms with Crippen LogP contribution in [-0.4, -0.2) is 23.1 Å². The van der Waals surface area contributed by atoms with Crippen molar-refractivity contribution >= 4 is 11.9 Å². The second kappa shape index (κ2) is 9.46. The molecule has 0 fully saturated rings. The highest BCUT2D eigenvalue weighted by Gasteiger charge is 2.39. The summed E-state index contributed by atoms with van der Waals surface area (Å²) in [4.78, 5) is 25.2. The quantitative estimate of drug-likeness (QED) is 0.592. The molecule has 160 valence electrons. The van der Waals surface area contributed by atoms with Gasteiger partial charge >= 0.3 is 11.9 Å². The van der Waals surface area contributed by atoms with Gasteiger partial charge in [-0.25, -0.2) is 0 Å². The van der Waals surface area contributed by atoms with Gasteiger partial charge in [-0.15, -0.1) is 0 Å². The summed E-state index contributed by atoms with van der Waals surface area (Å²) in [5.74, 6) is -1.91. The number of carbonyl (C=O) groups is 2. The molecule has 2 aromatic rings. The molecule has 0 saturated carbocycles. The Bertz CT molecular complexity index is 854. The monoisotopic (exact) mass is 408 g/mol. The average molecular weight is 409 g/mol. The van der Waals surface area contributed by atoms with Gasteiger partial charge in [0, 0.05) is 5.92 Å². The lowest BCUT2D eigenvalue weighted by atomic mass is 9.71. The van der Waals surface area contributed by atoms with E-state index >= 15 is 0 Å². The van der Waals surface area contributed by atoms with Crippen LogP contribution in [0, 0.1) is 17.8 Å². The van der Waals surface area contributed by atoms with E-state index in [0.29, 0.717) is 5.92 Å². The van der Waals surface area contributed by atoms with Crippen LogP contribution in [-0.2, 0) is 20.7 Å². The lowest BCUT2D eigenvalue weighted by Gasteiger charge is -2.34. The van der Waals surface area contributed by atoms with Gasteiger partial charge in [0.2, 0.25) is 0 Å². The van der Waals surface area contributed by atoms with Gasteiger partial charge in [0.1, 0.15) is 6.10 Å². The first-order valence-electron chi connectivity index (χ1n) is 10.9. The maximum atomic E-state index is 13.4. The third-order valence-electron chi connectivity index (χ3n) is 5.98. The average Bonchev–Trinajstić information content (AvgIpc) is 2.69. The summed E-state index contributed by atoms with van der Waals surface area (Å²) < 4.78 is 5.97. The summed E-state index contributed by atoms with van der Waals surface area (Å²) in [5, 5.41) is 9.64. The smallest absolute Gasteiger partial charge is 0.310 e. The van der Waals surface area contributed by atoms with Crippen LogP contribution in [0.5, 0.6) is 0 Å². The summed E-state index contributed by atoms with van der Waals surface area (Å²) in [6.45, 7) is 8.28. The zero-order valence-corrected chi connectivity index (χ0v) is 18.3. The van der Waals surface area contributed by atoms with Crippen molar-refractivity contribution in [3.05, 3.63) is 70.8 Å². The Balaban J connectivity index is 2.01. The SMILES string of the molecule is CC(C)CC(OC(=O)C(CC(=O)O)C1c2ccccc2Cc2ccccc21)C(C)C. The largest absolute Gasteiger partial charge is 0.481 e. The molecule has 30 heavy (non-hydrogen) atoms. The molecule has 1 N–H and O–H groups in total. The summed E-state index contributed by atoms with van der Waals surface area (Å²) in [6.07, 6.45) is 1.09. The zero-order chi connectivity index (χ0) is 21.8. The summed E-state index contributed by atoms with van der Waals surface area (Å²) >= 11 is 0. The molecule has 2 aromatic carbocycles. The fourth-order valence-electron chi connectivity index (χ4n) is 4.49. The van der Waals surface area contributed by atoms with Crippen LogP contribution >= 0.6 is 0 Å². The van der Waals surface area contributed by atoms with Gasteiger partial charge in [0.15, 0.2) is 0 Å². The number of aliphatic carboxylic acids is 1. The summed E-state index contributed by atoms with van der Waals surface area (Å²) in [5.41, 5.74) is 4.35. The lowest BCUT2D eigenvalue weighted by Crippen LogP contribution is -2.34. The lowest BCUT2D eigenvalue weighted by molar-refractivity contribution is -0.161. The van der Waals surface area contributed by atoms with Crippen LogP contribution in [0.2, 0.25) is 0 Å². The van der Waals surface area contributed by atoms with E-state index in [1.807, 2.05) is 50.2 Å². The molecule has 0 radical (unpaired) electrons. The van der Waals surface area contributed by atoms with Crippen molar-refractivity contribution in [2.24, 2.45) is 17.8 Å². The number of carboxylic acids is 1. The normalized spacial score (nSPS) is 15.4. The molecule has 0 aromatic heterocycles. The molecule has 2 atom stereocenters. The van der Waals surface area contributed by atoms with Gasteiger partial charge in [-0.05, 0) is 46.9 Å². The Kier molecular flexibility index (Phi) is 6.96. The molecule has 0 amide bonds. The molecule has 0 spiro atoms. The molecular formula is C26H32O4. The van der Waals surface area contributed by atoms with Gasteiger partial charge in [-0.2, -0.15) is 0 Å². The minimum Gasteiger partial charge on any atom is -0.481 e. The molecule has 0 bridgehead atoms. The Labute approximate surface area is 179 Å². The Morgan fingerprint density at radius 2 is 1.50 bits per heavy atom. The fraction of sp³-hybridized carbons (Fsp3) is 0.462. The van der Waals surface area contributed by atoms with E-state index in [9.17, 15) is 14.7 Å². The van der Waals surface area contributed by atoms with E-state index in [4.69, 9.17) is 4.74 Å². The zero-order valence-electron chi connectivity index (χ0n) is 18.3. The first-order chi connectivity index (χ1) is 14.3. The van der Waals surface area contributed by atoms with Crippen molar-refractivity contribution in [3.8, 4) is 0 Å². The molecule has 4 heteroatoms. The van der Waals surface area contributed by atoms with Crippen LogP contribution < -0.4 is 0 Å². The first kappa shape index (κ1) is 22.1. The number of hydrogen-bond acceptors (Lipinski definition) is 3. The number of hydrogen-bond donors (Lipinski definition) is 1. The van der Waals surface area contributed by atoms with Crippen LogP contribution in [0.3, 0.4) is 0 Å². The van der Waals surface area contributed by atoms with E-state index in [1.54, 1.807) is 0 Å². The number of fused-ring (bicyclic) bond motifs is 2. The molecule has 2 unspecified atom stereocenters. The topological polar surface area (TPSA) is 63.6 Å². The number of carbonyl (C=O) groups excluding carboxylic acids is 1. The van der Waals surface area contributed by atoms with Gasteiger partial charge < -0.3 is 9.84 Å². The highest BCUT2D eigenvalue weighted by Crippen LogP contribution is 2.43. The Morgan fingerprint density at radius 3 is 1.97 bits per heavy atom. The van der Waals surface area contributed by atoms with Gasteiger partial charge in [-0.1, -0.05) is 76.2 Å². The van der Waals surface area contributed by atoms with Gasteiger partial charge in [-0.3, -0.25) is 9.59 Å². The van der Waals surface area contributed by atoms with E-state index in [-0.39, 0.29) is 24.4 Å². The minimum atomic E-state index is -0.984. The number of benzene rings is 2. The van der Waals surface area contributed by atoms with Crippen molar-refractivity contribution in [2.75, 3.05) is 0 Å². The van der Waals surface area contributed by atoms with Crippen LogP contribution in [0.25, 0.3) is 0 Å². The third kappa shape index (κ3) is 4.92. The summed E-state index contributed by atoms with van der Waals surface area (Å²) in [7, 11) is 0. The molecule has 0 heterocycles. The first-order valence-corrected chi connectivity index (χ1v) is 10.9. The summed E-state index contributed by atoms with van der Waals surface area (Å²) in [6, 6.07) is 16.1. The maximum Gasteiger partial charge on any atom is 0.310 e. The molecule has 0 saturated heterocycles. The molecular weight excluding hydrogens is 376 g/mol. The van der Waals surface area contributed by atoms with Crippen molar-refractivity contribution in [3.63, 3.8) is 0 Å². The van der Waals surface area contributed by atoms with E-state index in [1.165, 1.54) is 0 Å². The van der Waals surface area contributed by atoms with E-state index in [0.717, 1.165) is 35.1 Å². The third-order valence-corrected chi connectivity index (χ3v) is 5.98. The number of ether oxygens (including phenoxy) is 1. The van der Waals surface area contributed by atoms with Crippen LogP contribution in [0.15, 0.2) is 48.5 Å². The predicted molar refractivity (Wildman–Crippen MR) is 117 cm³/mol. The van der Waals surface area contributed by atoms with E-state index < -0.39 is 17.9 Å². The van der Waals surface area contributed by atoms with Crippen molar-refractivity contribution < 1.29 is 19.4 Å². The molecule has 0 aliphatic heterocycles. The second-order valence-corrected chi connectivity index (χ2v) is 9.11. The number of esters is 1. The highest BCUT2D eigenvalue weighted by molar-refractivity contribution is 5.81. The predicted octanol–water partition coefficient (Wildman–Crippen LogP) is 5.43.